The van der Waals surface area contributed by atoms with Crippen LogP contribution in [0.15, 0.2) is 10.5 Å². The van der Waals surface area contributed by atoms with E-state index in [-0.39, 0.29) is 0 Å². The van der Waals surface area contributed by atoms with E-state index in [1.165, 1.54) is 11.3 Å². The number of nitrogens with zero attached hydrogens (tertiary/aromatic N) is 1. The molecule has 0 amide bonds. The Balaban J connectivity index is 2.92. The van der Waals surface area contributed by atoms with Gasteiger partial charge in [0.25, 0.3) is 0 Å². The third-order valence-corrected chi connectivity index (χ3v) is 3.99. The summed E-state index contributed by atoms with van der Waals surface area (Å²) >= 11 is 10.9. The number of fused-ring (bicyclic) bond motifs is 1. The van der Waals surface area contributed by atoms with Crippen LogP contribution in [0, 0.1) is 6.92 Å². The smallest absolute Gasteiger partial charge is 0.181 e. The van der Waals surface area contributed by atoms with Gasteiger partial charge in [-0.1, -0.05) is 22.9 Å². The summed E-state index contributed by atoms with van der Waals surface area (Å²) in [6.45, 7) is 1.94. The molecule has 0 aliphatic heterocycles. The van der Waals surface area contributed by atoms with Crippen molar-refractivity contribution in [1.82, 2.24) is 4.98 Å². The normalized spacial score (nSPS) is 11.0. The molecule has 1 heterocycles. The molecule has 1 aromatic heterocycles. The molecule has 13 heavy (non-hydrogen) atoms. The maximum atomic E-state index is 6.04. The van der Waals surface area contributed by atoms with Crippen LogP contribution in [0.25, 0.3) is 10.2 Å². The molecule has 68 valence electrons. The Bertz CT molecular complexity index is 480. The lowest BCUT2D eigenvalue weighted by atomic mass is 10.2. The highest BCUT2D eigenvalue weighted by Crippen LogP contribution is 2.35. The van der Waals surface area contributed by atoms with Gasteiger partial charge in [-0.25, -0.2) is 4.98 Å². The number of aryl methyl sites for hydroxylation is 1. The Hall–Kier alpha value is -0.320. The standard InChI is InChI=1S/C8H6BrClN2S/c1-3-6(10)4(9)2-5-7(3)12-8(11)13-5/h2H,1H3,(H2,11,12). The van der Waals surface area contributed by atoms with E-state index in [2.05, 4.69) is 20.9 Å². The second-order valence-electron chi connectivity index (χ2n) is 2.70. The fraction of sp³-hybridized carbons (Fsp3) is 0.125. The Morgan fingerprint density at radius 2 is 2.31 bits per heavy atom. The van der Waals surface area contributed by atoms with E-state index in [0.29, 0.717) is 10.2 Å². The molecule has 0 saturated carbocycles. The number of halogens is 2. The quantitative estimate of drug-likeness (QED) is 0.799. The molecular weight excluding hydrogens is 272 g/mol. The lowest BCUT2D eigenvalue weighted by Gasteiger charge is -2.00. The number of anilines is 1. The predicted octanol–water partition coefficient (Wildman–Crippen LogP) is 3.60. The minimum atomic E-state index is 0.576. The van der Waals surface area contributed by atoms with Crippen molar-refractivity contribution in [2.45, 2.75) is 6.92 Å². The highest BCUT2D eigenvalue weighted by Gasteiger charge is 2.10. The maximum absolute atomic E-state index is 6.04. The highest BCUT2D eigenvalue weighted by atomic mass is 79.9. The largest absolute Gasteiger partial charge is 0.375 e. The monoisotopic (exact) mass is 276 g/mol. The Labute approximate surface area is 92.8 Å². The minimum absolute atomic E-state index is 0.576. The van der Waals surface area contributed by atoms with E-state index in [4.69, 9.17) is 17.3 Å². The van der Waals surface area contributed by atoms with Crippen LogP contribution in [-0.4, -0.2) is 4.98 Å². The summed E-state index contributed by atoms with van der Waals surface area (Å²) < 4.78 is 1.95. The number of hydrogen-bond donors (Lipinski definition) is 1. The van der Waals surface area contributed by atoms with Gasteiger partial charge in [-0.3, -0.25) is 0 Å². The Kier molecular flexibility index (Phi) is 2.21. The van der Waals surface area contributed by atoms with Crippen LogP contribution < -0.4 is 5.73 Å². The number of nitrogen functional groups attached to an aromatic ring is 1. The van der Waals surface area contributed by atoms with E-state index >= 15 is 0 Å². The molecule has 2 nitrogen and oxygen atoms in total. The predicted molar refractivity (Wildman–Crippen MR) is 61.5 cm³/mol. The molecule has 0 saturated heterocycles. The van der Waals surface area contributed by atoms with Crippen LogP contribution in [0.5, 0.6) is 0 Å². The highest BCUT2D eigenvalue weighted by molar-refractivity contribution is 9.10. The summed E-state index contributed by atoms with van der Waals surface area (Å²) in [6, 6.07) is 1.94. The zero-order chi connectivity index (χ0) is 9.59. The van der Waals surface area contributed by atoms with Gasteiger partial charge in [0.1, 0.15) is 0 Å². The number of benzene rings is 1. The summed E-state index contributed by atoms with van der Waals surface area (Å²) in [4.78, 5) is 4.21. The van der Waals surface area contributed by atoms with E-state index in [1.807, 2.05) is 13.0 Å². The van der Waals surface area contributed by atoms with Gasteiger partial charge < -0.3 is 5.73 Å². The van der Waals surface area contributed by atoms with Crippen molar-refractivity contribution in [2.24, 2.45) is 0 Å². The molecule has 0 spiro atoms. The number of rotatable bonds is 0. The molecule has 5 heteroatoms. The van der Waals surface area contributed by atoms with Gasteiger partial charge in [-0.2, -0.15) is 0 Å². The molecule has 1 aromatic carbocycles. The molecule has 2 aromatic rings. The van der Waals surface area contributed by atoms with Crippen molar-refractivity contribution < 1.29 is 0 Å². The SMILES string of the molecule is Cc1c(Cl)c(Br)cc2sc(N)nc12. The van der Waals surface area contributed by atoms with Gasteiger partial charge in [0.2, 0.25) is 0 Å². The van der Waals surface area contributed by atoms with E-state index in [0.717, 1.165) is 20.3 Å². The van der Waals surface area contributed by atoms with Crippen LogP contribution in [0.4, 0.5) is 5.13 Å². The minimum Gasteiger partial charge on any atom is -0.375 e. The van der Waals surface area contributed by atoms with Gasteiger partial charge in [0.15, 0.2) is 5.13 Å². The molecule has 2 N–H and O–H groups in total. The average molecular weight is 278 g/mol. The first kappa shape index (κ1) is 9.24. The van der Waals surface area contributed by atoms with Crippen LogP contribution in [0.1, 0.15) is 5.56 Å². The van der Waals surface area contributed by atoms with Crippen LogP contribution in [0.2, 0.25) is 5.02 Å². The van der Waals surface area contributed by atoms with Gasteiger partial charge >= 0.3 is 0 Å². The Morgan fingerprint density at radius 1 is 1.62 bits per heavy atom. The molecular formula is C8H6BrClN2S. The van der Waals surface area contributed by atoms with E-state index in [9.17, 15) is 0 Å². The van der Waals surface area contributed by atoms with Crippen LogP contribution >= 0.6 is 38.9 Å². The molecule has 0 atom stereocenters. The second kappa shape index (κ2) is 3.12. The summed E-state index contributed by atoms with van der Waals surface area (Å²) in [5.41, 5.74) is 7.48. The zero-order valence-electron chi connectivity index (χ0n) is 6.77. The number of aromatic nitrogens is 1. The van der Waals surface area contributed by atoms with E-state index in [1.54, 1.807) is 0 Å². The topological polar surface area (TPSA) is 38.9 Å². The van der Waals surface area contributed by atoms with Crippen LogP contribution in [-0.2, 0) is 0 Å². The zero-order valence-corrected chi connectivity index (χ0v) is 9.92. The summed E-state index contributed by atoms with van der Waals surface area (Å²) in [5, 5.41) is 1.28. The number of hydrogen-bond acceptors (Lipinski definition) is 3. The maximum Gasteiger partial charge on any atom is 0.181 e. The summed E-state index contributed by atoms with van der Waals surface area (Å²) in [6.07, 6.45) is 0. The first-order valence-electron chi connectivity index (χ1n) is 3.60. The van der Waals surface area contributed by atoms with Crippen molar-refractivity contribution in [1.29, 1.82) is 0 Å². The fourth-order valence-corrected chi connectivity index (χ4v) is 2.83. The molecule has 0 aliphatic rings. The molecule has 0 unspecified atom stereocenters. The number of nitrogens with two attached hydrogens (primary N) is 1. The second-order valence-corrected chi connectivity index (χ2v) is 4.99. The lowest BCUT2D eigenvalue weighted by Crippen LogP contribution is -1.82. The van der Waals surface area contributed by atoms with Crippen LogP contribution in [0.3, 0.4) is 0 Å². The summed E-state index contributed by atoms with van der Waals surface area (Å²) in [5.74, 6) is 0. The molecule has 0 radical (unpaired) electrons. The van der Waals surface area contributed by atoms with Gasteiger partial charge in [-0.05, 0) is 34.5 Å². The third-order valence-electron chi connectivity index (χ3n) is 1.82. The van der Waals surface area contributed by atoms with Crippen molar-refractivity contribution >= 4 is 54.2 Å². The van der Waals surface area contributed by atoms with Crippen molar-refractivity contribution in [3.63, 3.8) is 0 Å². The fourth-order valence-electron chi connectivity index (χ4n) is 1.18. The van der Waals surface area contributed by atoms with Crippen molar-refractivity contribution in [3.8, 4) is 0 Å². The third kappa shape index (κ3) is 1.43. The van der Waals surface area contributed by atoms with Gasteiger partial charge in [0, 0.05) is 4.47 Å². The molecule has 2 rings (SSSR count). The molecule has 0 aliphatic carbocycles. The molecule has 0 fully saturated rings. The lowest BCUT2D eigenvalue weighted by molar-refractivity contribution is 1.42. The first-order chi connectivity index (χ1) is 6.09. The molecule has 0 bridgehead atoms. The number of thiazole rings is 1. The van der Waals surface area contributed by atoms with Gasteiger partial charge in [-0.15, -0.1) is 0 Å². The Morgan fingerprint density at radius 3 is 3.00 bits per heavy atom. The summed E-state index contributed by atoms with van der Waals surface area (Å²) in [7, 11) is 0. The van der Waals surface area contributed by atoms with E-state index < -0.39 is 0 Å². The average Bonchev–Trinajstić information content (AvgIpc) is 2.42. The van der Waals surface area contributed by atoms with Crippen molar-refractivity contribution in [2.75, 3.05) is 5.73 Å². The van der Waals surface area contributed by atoms with Crippen molar-refractivity contribution in [3.05, 3.63) is 21.1 Å². The first-order valence-corrected chi connectivity index (χ1v) is 5.59. The van der Waals surface area contributed by atoms with Gasteiger partial charge in [0.05, 0.1) is 15.2 Å².